The van der Waals surface area contributed by atoms with Gasteiger partial charge in [0.1, 0.15) is 0 Å². The third-order valence-corrected chi connectivity index (χ3v) is 4.66. The first-order valence-electron chi connectivity index (χ1n) is 8.00. The molecular weight excluding hydrogens is 268 g/mol. The van der Waals surface area contributed by atoms with E-state index in [1.54, 1.807) is 0 Å². The molecule has 0 saturated heterocycles. The van der Waals surface area contributed by atoms with E-state index in [2.05, 4.69) is 27.7 Å². The van der Waals surface area contributed by atoms with E-state index >= 15 is 0 Å². The van der Waals surface area contributed by atoms with Gasteiger partial charge in [0.05, 0.1) is 10.4 Å². The second-order valence-corrected chi connectivity index (χ2v) is 6.88. The highest BCUT2D eigenvalue weighted by Gasteiger charge is 2.44. The summed E-state index contributed by atoms with van der Waals surface area (Å²) in [6.07, 6.45) is 5.89. The molecular formula is C16H30N2OS. The van der Waals surface area contributed by atoms with Crippen LogP contribution in [0.2, 0.25) is 0 Å². The van der Waals surface area contributed by atoms with Crippen LogP contribution in [0.3, 0.4) is 0 Å². The average Bonchev–Trinajstić information content (AvgIpc) is 3.18. The summed E-state index contributed by atoms with van der Waals surface area (Å²) in [6, 6.07) is 0.213. The lowest BCUT2D eigenvalue weighted by molar-refractivity contribution is -0.141. The number of carbonyl (C=O) groups is 1. The Bertz CT molecular complexity index is 344. The van der Waals surface area contributed by atoms with Gasteiger partial charge >= 0.3 is 0 Å². The molecule has 0 aromatic heterocycles. The number of hydrogen-bond donors (Lipinski definition) is 1. The summed E-state index contributed by atoms with van der Waals surface area (Å²) in [5.41, 5.74) is 5.39. The summed E-state index contributed by atoms with van der Waals surface area (Å²) in [6.45, 7) is 9.23. The average molecular weight is 298 g/mol. The van der Waals surface area contributed by atoms with Crippen LogP contribution in [0.15, 0.2) is 0 Å². The van der Waals surface area contributed by atoms with Crippen LogP contribution in [-0.4, -0.2) is 28.4 Å². The molecule has 0 aromatic rings. The van der Waals surface area contributed by atoms with Crippen LogP contribution in [0, 0.1) is 11.3 Å². The quantitative estimate of drug-likeness (QED) is 0.663. The van der Waals surface area contributed by atoms with E-state index in [-0.39, 0.29) is 11.9 Å². The molecule has 0 aliphatic heterocycles. The Hall–Kier alpha value is -0.640. The third kappa shape index (κ3) is 3.94. The number of thiocarbonyl (C=S) groups is 1. The SMILES string of the molecule is CCCC(CCC)(C(=O)N(CC1CC1)C(C)C)C(N)=S. The van der Waals surface area contributed by atoms with E-state index < -0.39 is 5.41 Å². The molecule has 3 nitrogen and oxygen atoms in total. The molecule has 1 saturated carbocycles. The van der Waals surface area contributed by atoms with Crippen molar-refractivity contribution < 1.29 is 4.79 Å². The highest BCUT2D eigenvalue weighted by molar-refractivity contribution is 7.80. The maximum absolute atomic E-state index is 13.1. The first-order valence-corrected chi connectivity index (χ1v) is 8.40. The maximum atomic E-state index is 13.1. The molecule has 2 N–H and O–H groups in total. The van der Waals surface area contributed by atoms with Crippen molar-refractivity contribution in [1.29, 1.82) is 0 Å². The van der Waals surface area contributed by atoms with Gasteiger partial charge in [0.2, 0.25) is 5.91 Å². The molecule has 1 aliphatic rings. The van der Waals surface area contributed by atoms with Crippen molar-refractivity contribution in [3.05, 3.63) is 0 Å². The molecule has 1 amide bonds. The van der Waals surface area contributed by atoms with Crippen LogP contribution < -0.4 is 5.73 Å². The number of carbonyl (C=O) groups excluding carboxylic acids is 1. The Labute approximate surface area is 129 Å². The molecule has 0 spiro atoms. The second kappa shape index (κ2) is 7.39. The molecule has 116 valence electrons. The first-order chi connectivity index (χ1) is 9.39. The van der Waals surface area contributed by atoms with E-state index in [0.29, 0.717) is 10.9 Å². The molecule has 4 heteroatoms. The van der Waals surface area contributed by atoms with Gasteiger partial charge in [0.25, 0.3) is 0 Å². The number of nitrogens with zero attached hydrogens (tertiary/aromatic N) is 1. The van der Waals surface area contributed by atoms with Crippen LogP contribution in [0.4, 0.5) is 0 Å². The summed E-state index contributed by atoms with van der Waals surface area (Å²) >= 11 is 5.30. The lowest BCUT2D eigenvalue weighted by Crippen LogP contribution is -2.53. The summed E-state index contributed by atoms with van der Waals surface area (Å²) in [5, 5.41) is 0. The molecule has 0 bridgehead atoms. The minimum absolute atomic E-state index is 0.163. The number of nitrogens with two attached hydrogens (primary N) is 1. The van der Waals surface area contributed by atoms with Gasteiger partial charge in [-0.1, -0.05) is 38.9 Å². The van der Waals surface area contributed by atoms with Gasteiger partial charge in [-0.05, 0) is 45.4 Å². The van der Waals surface area contributed by atoms with Gasteiger partial charge in [-0.3, -0.25) is 4.79 Å². The largest absolute Gasteiger partial charge is 0.392 e. The van der Waals surface area contributed by atoms with Crippen LogP contribution in [0.1, 0.15) is 66.2 Å². The molecule has 1 rings (SSSR count). The Kier molecular flexibility index (Phi) is 6.44. The smallest absolute Gasteiger partial charge is 0.235 e. The number of hydrogen-bond acceptors (Lipinski definition) is 2. The molecule has 0 aromatic carbocycles. The van der Waals surface area contributed by atoms with Gasteiger partial charge in [-0.15, -0.1) is 0 Å². The maximum Gasteiger partial charge on any atom is 0.235 e. The van der Waals surface area contributed by atoms with Crippen LogP contribution in [-0.2, 0) is 4.79 Å². The van der Waals surface area contributed by atoms with Crippen molar-refractivity contribution in [1.82, 2.24) is 4.90 Å². The van der Waals surface area contributed by atoms with E-state index in [9.17, 15) is 4.79 Å². The normalized spacial score (nSPS) is 15.4. The van der Waals surface area contributed by atoms with Crippen molar-refractivity contribution in [2.75, 3.05) is 6.54 Å². The lowest BCUT2D eigenvalue weighted by atomic mass is 9.77. The van der Waals surface area contributed by atoms with Crippen molar-refractivity contribution in [2.24, 2.45) is 17.1 Å². The van der Waals surface area contributed by atoms with Gasteiger partial charge in [0, 0.05) is 12.6 Å². The topological polar surface area (TPSA) is 46.3 Å². The molecule has 0 heterocycles. The molecule has 20 heavy (non-hydrogen) atoms. The third-order valence-electron chi connectivity index (χ3n) is 4.27. The minimum Gasteiger partial charge on any atom is -0.392 e. The minimum atomic E-state index is -0.627. The van der Waals surface area contributed by atoms with E-state index in [0.717, 1.165) is 32.2 Å². The zero-order valence-corrected chi connectivity index (χ0v) is 14.3. The Balaban J connectivity index is 3.00. The zero-order valence-electron chi connectivity index (χ0n) is 13.4. The predicted molar refractivity (Wildman–Crippen MR) is 88.6 cm³/mol. The first kappa shape index (κ1) is 17.4. The predicted octanol–water partition coefficient (Wildman–Crippen LogP) is 3.51. The molecule has 0 atom stereocenters. The standard InChI is InChI=1S/C16H30N2OS/c1-5-9-16(10-6-2,14(17)20)15(19)18(12(3)4)11-13-7-8-13/h12-13H,5-11H2,1-4H3,(H2,17,20). The van der Waals surface area contributed by atoms with Gasteiger partial charge in [0.15, 0.2) is 0 Å². The van der Waals surface area contributed by atoms with Crippen LogP contribution in [0.25, 0.3) is 0 Å². The van der Waals surface area contributed by atoms with E-state index in [4.69, 9.17) is 18.0 Å². The fraction of sp³-hybridized carbons (Fsp3) is 0.875. The Morgan fingerprint density at radius 2 is 1.80 bits per heavy atom. The van der Waals surface area contributed by atoms with Gasteiger partial charge < -0.3 is 10.6 Å². The summed E-state index contributed by atoms with van der Waals surface area (Å²) in [4.78, 5) is 15.5. The van der Waals surface area contributed by atoms with Crippen molar-refractivity contribution >= 4 is 23.1 Å². The van der Waals surface area contributed by atoms with E-state index in [1.165, 1.54) is 12.8 Å². The van der Waals surface area contributed by atoms with Crippen molar-refractivity contribution in [3.8, 4) is 0 Å². The fourth-order valence-corrected chi connectivity index (χ4v) is 3.22. The molecule has 1 aliphatic carbocycles. The van der Waals surface area contributed by atoms with Gasteiger partial charge in [-0.2, -0.15) is 0 Å². The molecule has 0 radical (unpaired) electrons. The fourth-order valence-electron chi connectivity index (χ4n) is 2.93. The molecule has 1 fully saturated rings. The Morgan fingerprint density at radius 3 is 2.10 bits per heavy atom. The van der Waals surface area contributed by atoms with E-state index in [1.807, 2.05) is 4.90 Å². The second-order valence-electron chi connectivity index (χ2n) is 6.44. The highest BCUT2D eigenvalue weighted by Crippen LogP contribution is 2.36. The van der Waals surface area contributed by atoms with Crippen LogP contribution in [0.5, 0.6) is 0 Å². The number of amides is 1. The summed E-state index contributed by atoms with van der Waals surface area (Å²) in [7, 11) is 0. The Morgan fingerprint density at radius 1 is 1.30 bits per heavy atom. The summed E-state index contributed by atoms with van der Waals surface area (Å²) in [5.74, 6) is 0.851. The number of rotatable bonds is 9. The highest BCUT2D eigenvalue weighted by atomic mass is 32.1. The lowest BCUT2D eigenvalue weighted by Gasteiger charge is -2.38. The zero-order chi connectivity index (χ0) is 15.3. The molecule has 0 unspecified atom stereocenters. The van der Waals surface area contributed by atoms with Crippen molar-refractivity contribution in [2.45, 2.75) is 72.3 Å². The van der Waals surface area contributed by atoms with Crippen LogP contribution >= 0.6 is 12.2 Å². The van der Waals surface area contributed by atoms with Crippen molar-refractivity contribution in [3.63, 3.8) is 0 Å². The monoisotopic (exact) mass is 298 g/mol. The summed E-state index contributed by atoms with van der Waals surface area (Å²) < 4.78 is 0. The van der Waals surface area contributed by atoms with Gasteiger partial charge in [-0.25, -0.2) is 0 Å².